The number of hydrogen-bond acceptors (Lipinski definition) is 5. The molecular formula is C23H29N3O4S. The molecule has 166 valence electrons. The Bertz CT molecular complexity index is 956. The van der Waals surface area contributed by atoms with Crippen molar-refractivity contribution in [2.24, 2.45) is 0 Å². The summed E-state index contributed by atoms with van der Waals surface area (Å²) in [6.45, 7) is 8.71. The van der Waals surface area contributed by atoms with Crippen LogP contribution in [0.2, 0.25) is 0 Å². The lowest BCUT2D eigenvalue weighted by Crippen LogP contribution is -2.38. The third kappa shape index (κ3) is 6.16. The van der Waals surface area contributed by atoms with Crippen LogP contribution in [0.15, 0.2) is 72.1 Å². The first-order chi connectivity index (χ1) is 15.0. The normalized spacial score (nSPS) is 14.7. The predicted molar refractivity (Wildman–Crippen MR) is 122 cm³/mol. The van der Waals surface area contributed by atoms with Gasteiger partial charge in [0.15, 0.2) is 0 Å². The van der Waals surface area contributed by atoms with Crippen molar-refractivity contribution in [3.05, 3.63) is 72.8 Å². The van der Waals surface area contributed by atoms with Gasteiger partial charge in [0.05, 0.1) is 30.3 Å². The van der Waals surface area contributed by atoms with Crippen LogP contribution in [0.3, 0.4) is 0 Å². The Balaban J connectivity index is 1.60. The standard InChI is InChI=1S/C23H29N3O4S/c1-2-14-26(31(28,29)22-7-4-3-5-8-22)21-11-9-20(10-12-21)23(27)24-13-6-15-25-16-18-30-19-17-25/h2-5,7-12H,1,6,13-19H2,(H,24,27). The van der Waals surface area contributed by atoms with Crippen LogP contribution in [-0.4, -0.2) is 65.2 Å². The van der Waals surface area contributed by atoms with Gasteiger partial charge in [-0.15, -0.1) is 6.58 Å². The van der Waals surface area contributed by atoms with Crippen LogP contribution in [-0.2, 0) is 14.8 Å². The molecule has 0 radical (unpaired) electrons. The molecule has 7 nitrogen and oxygen atoms in total. The van der Waals surface area contributed by atoms with Gasteiger partial charge < -0.3 is 10.1 Å². The number of rotatable bonds is 10. The van der Waals surface area contributed by atoms with E-state index in [9.17, 15) is 13.2 Å². The number of sulfonamides is 1. The van der Waals surface area contributed by atoms with E-state index in [1.807, 2.05) is 0 Å². The third-order valence-electron chi connectivity index (χ3n) is 5.08. The highest BCUT2D eigenvalue weighted by Gasteiger charge is 2.24. The second-order valence-electron chi connectivity index (χ2n) is 7.25. The Morgan fingerprint density at radius 1 is 1.10 bits per heavy atom. The number of morpholine rings is 1. The lowest BCUT2D eigenvalue weighted by atomic mass is 10.2. The van der Waals surface area contributed by atoms with Crippen LogP contribution in [0.1, 0.15) is 16.8 Å². The van der Waals surface area contributed by atoms with Gasteiger partial charge in [-0.25, -0.2) is 8.42 Å². The molecule has 2 aromatic rings. The van der Waals surface area contributed by atoms with E-state index in [-0.39, 0.29) is 17.3 Å². The van der Waals surface area contributed by atoms with Crippen molar-refractivity contribution >= 4 is 21.6 Å². The van der Waals surface area contributed by atoms with E-state index in [0.717, 1.165) is 39.3 Å². The fourth-order valence-electron chi connectivity index (χ4n) is 3.39. The number of ether oxygens (including phenoxy) is 1. The molecule has 1 saturated heterocycles. The van der Waals surface area contributed by atoms with Gasteiger partial charge in [-0.1, -0.05) is 24.3 Å². The highest BCUT2D eigenvalue weighted by atomic mass is 32.2. The summed E-state index contributed by atoms with van der Waals surface area (Å²) in [4.78, 5) is 15.0. The van der Waals surface area contributed by atoms with Crippen LogP contribution in [0, 0.1) is 0 Å². The molecule has 0 aromatic heterocycles. The molecule has 1 amide bonds. The Labute approximate surface area is 184 Å². The lowest BCUT2D eigenvalue weighted by Gasteiger charge is -2.26. The van der Waals surface area contributed by atoms with Crippen molar-refractivity contribution in [1.29, 1.82) is 0 Å². The smallest absolute Gasteiger partial charge is 0.264 e. The molecule has 31 heavy (non-hydrogen) atoms. The highest BCUT2D eigenvalue weighted by Crippen LogP contribution is 2.24. The van der Waals surface area contributed by atoms with Gasteiger partial charge in [0.2, 0.25) is 0 Å². The Morgan fingerprint density at radius 2 is 1.77 bits per heavy atom. The van der Waals surface area contributed by atoms with E-state index in [2.05, 4.69) is 16.8 Å². The van der Waals surface area contributed by atoms with Gasteiger partial charge in [0.1, 0.15) is 0 Å². The van der Waals surface area contributed by atoms with Crippen LogP contribution >= 0.6 is 0 Å². The van der Waals surface area contributed by atoms with Crippen molar-refractivity contribution in [3.63, 3.8) is 0 Å². The second-order valence-corrected chi connectivity index (χ2v) is 9.11. The van der Waals surface area contributed by atoms with Crippen molar-refractivity contribution in [3.8, 4) is 0 Å². The molecule has 1 aliphatic heterocycles. The van der Waals surface area contributed by atoms with E-state index < -0.39 is 10.0 Å². The van der Waals surface area contributed by atoms with E-state index in [1.54, 1.807) is 54.6 Å². The average Bonchev–Trinajstić information content (AvgIpc) is 2.81. The number of anilines is 1. The van der Waals surface area contributed by atoms with Crippen LogP contribution in [0.25, 0.3) is 0 Å². The number of nitrogens with zero attached hydrogens (tertiary/aromatic N) is 2. The number of hydrogen-bond donors (Lipinski definition) is 1. The predicted octanol–water partition coefficient (Wildman–Crippen LogP) is 2.52. The Kier molecular flexibility index (Phi) is 8.22. The highest BCUT2D eigenvalue weighted by molar-refractivity contribution is 7.92. The van der Waals surface area contributed by atoms with Gasteiger partial charge in [-0.2, -0.15) is 0 Å². The molecule has 8 heteroatoms. The number of benzene rings is 2. The molecule has 0 saturated carbocycles. The van der Waals surface area contributed by atoms with E-state index in [1.165, 1.54) is 10.4 Å². The third-order valence-corrected chi connectivity index (χ3v) is 6.89. The number of amides is 1. The van der Waals surface area contributed by atoms with Crippen molar-refractivity contribution in [2.45, 2.75) is 11.3 Å². The number of nitrogens with one attached hydrogen (secondary N) is 1. The molecule has 0 aliphatic carbocycles. The summed E-state index contributed by atoms with van der Waals surface area (Å²) in [6, 6.07) is 14.8. The number of carbonyl (C=O) groups is 1. The molecule has 0 unspecified atom stereocenters. The first-order valence-corrected chi connectivity index (χ1v) is 11.8. The summed E-state index contributed by atoms with van der Waals surface area (Å²) < 4.78 is 32.7. The minimum atomic E-state index is -3.73. The van der Waals surface area contributed by atoms with E-state index in [0.29, 0.717) is 17.8 Å². The molecule has 0 bridgehead atoms. The minimum absolute atomic E-state index is 0.129. The topological polar surface area (TPSA) is 79.0 Å². The van der Waals surface area contributed by atoms with Crippen molar-refractivity contribution < 1.29 is 17.9 Å². The molecule has 0 spiro atoms. The molecule has 2 aromatic carbocycles. The molecule has 3 rings (SSSR count). The first kappa shape index (κ1) is 23.0. The average molecular weight is 444 g/mol. The Morgan fingerprint density at radius 3 is 2.42 bits per heavy atom. The van der Waals surface area contributed by atoms with Crippen molar-refractivity contribution in [1.82, 2.24) is 10.2 Å². The van der Waals surface area contributed by atoms with Gasteiger partial charge in [-0.3, -0.25) is 14.0 Å². The summed E-state index contributed by atoms with van der Waals surface area (Å²) in [5.41, 5.74) is 0.971. The fraction of sp³-hybridized carbons (Fsp3) is 0.348. The minimum Gasteiger partial charge on any atom is -0.379 e. The quantitative estimate of drug-likeness (QED) is 0.451. The number of carbonyl (C=O) groups excluding carboxylic acids is 1. The van der Waals surface area contributed by atoms with Gasteiger partial charge in [0.25, 0.3) is 15.9 Å². The molecule has 1 heterocycles. The maximum Gasteiger partial charge on any atom is 0.264 e. The zero-order valence-electron chi connectivity index (χ0n) is 17.6. The van der Waals surface area contributed by atoms with Crippen LogP contribution < -0.4 is 9.62 Å². The lowest BCUT2D eigenvalue weighted by molar-refractivity contribution is 0.0374. The summed E-state index contributed by atoms with van der Waals surface area (Å²) >= 11 is 0. The van der Waals surface area contributed by atoms with Crippen molar-refractivity contribution in [2.75, 3.05) is 50.2 Å². The molecule has 1 aliphatic rings. The summed E-state index contributed by atoms with van der Waals surface area (Å²) in [6.07, 6.45) is 2.40. The maximum atomic E-state index is 13.0. The van der Waals surface area contributed by atoms with Gasteiger partial charge in [-0.05, 0) is 49.4 Å². The molecule has 0 atom stereocenters. The molecule has 1 fully saturated rings. The van der Waals surface area contributed by atoms with Crippen LogP contribution in [0.4, 0.5) is 5.69 Å². The largest absolute Gasteiger partial charge is 0.379 e. The fourth-order valence-corrected chi connectivity index (χ4v) is 4.85. The monoisotopic (exact) mass is 443 g/mol. The SMILES string of the molecule is C=CCN(c1ccc(C(=O)NCCCN2CCOCC2)cc1)S(=O)(=O)c1ccccc1. The van der Waals surface area contributed by atoms with Gasteiger partial charge in [0, 0.05) is 25.2 Å². The van der Waals surface area contributed by atoms with E-state index in [4.69, 9.17) is 4.74 Å². The summed E-state index contributed by atoms with van der Waals surface area (Å²) in [5, 5.41) is 2.92. The Hall–Kier alpha value is -2.68. The van der Waals surface area contributed by atoms with E-state index >= 15 is 0 Å². The summed E-state index contributed by atoms with van der Waals surface area (Å²) in [5.74, 6) is -0.172. The molecular weight excluding hydrogens is 414 g/mol. The zero-order valence-corrected chi connectivity index (χ0v) is 18.4. The first-order valence-electron chi connectivity index (χ1n) is 10.4. The molecule has 1 N–H and O–H groups in total. The van der Waals surface area contributed by atoms with Gasteiger partial charge >= 0.3 is 0 Å². The summed E-state index contributed by atoms with van der Waals surface area (Å²) in [7, 11) is -3.73. The maximum absolute atomic E-state index is 13.0. The second kappa shape index (κ2) is 11.1. The zero-order chi connectivity index (χ0) is 22.1. The van der Waals surface area contributed by atoms with Crippen LogP contribution in [0.5, 0.6) is 0 Å².